The Hall–Kier alpha value is -2.42. The molecule has 0 bridgehead atoms. The second-order valence-electron chi connectivity index (χ2n) is 4.45. The van der Waals surface area contributed by atoms with Gasteiger partial charge in [0.1, 0.15) is 0 Å². The molecule has 0 spiro atoms. The van der Waals surface area contributed by atoms with Crippen LogP contribution in [-0.4, -0.2) is 18.9 Å². The van der Waals surface area contributed by atoms with Gasteiger partial charge in [-0.15, -0.1) is 0 Å². The minimum Gasteiger partial charge on any atom is -0.465 e. The minimum atomic E-state index is -0.478. The van der Waals surface area contributed by atoms with E-state index < -0.39 is 5.97 Å². The van der Waals surface area contributed by atoms with Gasteiger partial charge < -0.3 is 4.74 Å². The van der Waals surface area contributed by atoms with Crippen LogP contribution >= 0.6 is 0 Å². The number of ether oxygens (including phenoxy) is 1. The molecular weight excluding hydrogens is 252 g/mol. The van der Waals surface area contributed by atoms with E-state index in [-0.39, 0.29) is 5.78 Å². The lowest BCUT2D eigenvalue weighted by molar-refractivity contribution is 0.0597. The molecule has 0 amide bonds. The lowest BCUT2D eigenvalue weighted by atomic mass is 9.98. The van der Waals surface area contributed by atoms with E-state index in [9.17, 15) is 9.59 Å². The van der Waals surface area contributed by atoms with Crippen LogP contribution in [0.2, 0.25) is 0 Å². The highest BCUT2D eigenvalue weighted by molar-refractivity contribution is 6.06. The summed E-state index contributed by atoms with van der Waals surface area (Å²) in [6.45, 7) is 0. The number of hydrogen-bond acceptors (Lipinski definition) is 3. The molecule has 0 saturated carbocycles. The highest BCUT2D eigenvalue weighted by Crippen LogP contribution is 2.14. The maximum atomic E-state index is 12.3. The van der Waals surface area contributed by atoms with E-state index >= 15 is 0 Å². The summed E-state index contributed by atoms with van der Waals surface area (Å²) >= 11 is 0. The average Bonchev–Trinajstić information content (AvgIpc) is 2.52. The summed E-state index contributed by atoms with van der Waals surface area (Å²) in [6.07, 6.45) is 1.03. The normalized spacial score (nSPS) is 10.1. The van der Waals surface area contributed by atoms with Gasteiger partial charge in [-0.25, -0.2) is 4.79 Å². The molecule has 102 valence electrons. The fourth-order valence-electron chi connectivity index (χ4n) is 2.05. The quantitative estimate of drug-likeness (QED) is 0.617. The molecule has 2 aromatic carbocycles. The number of ketones is 1. The van der Waals surface area contributed by atoms with Crippen molar-refractivity contribution in [1.82, 2.24) is 0 Å². The van der Waals surface area contributed by atoms with Crippen LogP contribution < -0.4 is 0 Å². The van der Waals surface area contributed by atoms with Crippen LogP contribution in [0.25, 0.3) is 0 Å². The fraction of sp³-hybridized carbons (Fsp3) is 0.176. The van der Waals surface area contributed by atoms with Crippen molar-refractivity contribution in [2.24, 2.45) is 0 Å². The van der Waals surface area contributed by atoms with Crippen molar-refractivity contribution < 1.29 is 14.3 Å². The molecule has 0 N–H and O–H groups in total. The summed E-state index contributed by atoms with van der Waals surface area (Å²) in [5.41, 5.74) is 1.86. The van der Waals surface area contributed by atoms with Crippen LogP contribution in [0.4, 0.5) is 0 Å². The van der Waals surface area contributed by atoms with Crippen LogP contribution in [0.5, 0.6) is 0 Å². The topological polar surface area (TPSA) is 43.4 Å². The maximum absolute atomic E-state index is 12.3. The third-order valence-electron chi connectivity index (χ3n) is 3.12. The molecule has 0 fully saturated rings. The van der Waals surface area contributed by atoms with Crippen LogP contribution in [0.1, 0.15) is 32.7 Å². The summed E-state index contributed by atoms with van der Waals surface area (Å²) in [5, 5.41) is 0. The van der Waals surface area contributed by atoms with E-state index in [4.69, 9.17) is 4.74 Å². The van der Waals surface area contributed by atoms with Crippen molar-refractivity contribution in [3.63, 3.8) is 0 Å². The van der Waals surface area contributed by atoms with Crippen LogP contribution in [-0.2, 0) is 11.2 Å². The Kier molecular flexibility index (Phi) is 4.66. The molecule has 3 heteroatoms. The first-order valence-electron chi connectivity index (χ1n) is 6.47. The predicted molar refractivity (Wildman–Crippen MR) is 76.9 cm³/mol. The second kappa shape index (κ2) is 6.66. The zero-order chi connectivity index (χ0) is 14.4. The average molecular weight is 268 g/mol. The van der Waals surface area contributed by atoms with E-state index in [0.29, 0.717) is 24.0 Å². The fourth-order valence-corrected chi connectivity index (χ4v) is 2.05. The first-order chi connectivity index (χ1) is 9.72. The number of carbonyl (C=O) groups excluding carboxylic acids is 2. The monoisotopic (exact) mass is 268 g/mol. The van der Waals surface area contributed by atoms with Gasteiger partial charge in [0.15, 0.2) is 5.78 Å². The SMILES string of the molecule is COC(=O)c1ccccc1C(=O)CCc1ccccc1. The third-order valence-corrected chi connectivity index (χ3v) is 3.12. The Morgan fingerprint density at radius 3 is 2.15 bits per heavy atom. The Bertz CT molecular complexity index is 603. The molecule has 3 nitrogen and oxygen atoms in total. The van der Waals surface area contributed by atoms with Crippen molar-refractivity contribution in [3.8, 4) is 0 Å². The number of carbonyl (C=O) groups is 2. The van der Waals surface area contributed by atoms with Crippen molar-refractivity contribution in [3.05, 3.63) is 71.3 Å². The standard InChI is InChI=1S/C17H16O3/c1-20-17(19)15-10-6-5-9-14(15)16(18)12-11-13-7-3-2-4-8-13/h2-10H,11-12H2,1H3. The number of aryl methyl sites for hydroxylation is 1. The zero-order valence-corrected chi connectivity index (χ0v) is 11.3. The number of Topliss-reactive ketones (excluding diaryl/α,β-unsaturated/α-hetero) is 1. The number of methoxy groups -OCH3 is 1. The first-order valence-corrected chi connectivity index (χ1v) is 6.47. The number of rotatable bonds is 5. The smallest absolute Gasteiger partial charge is 0.338 e. The van der Waals surface area contributed by atoms with Gasteiger partial charge in [0.25, 0.3) is 0 Å². The molecule has 2 rings (SSSR count). The highest BCUT2D eigenvalue weighted by atomic mass is 16.5. The Morgan fingerprint density at radius 2 is 1.50 bits per heavy atom. The molecule has 0 atom stereocenters. The largest absolute Gasteiger partial charge is 0.465 e. The molecule has 0 unspecified atom stereocenters. The van der Waals surface area contributed by atoms with Crippen molar-refractivity contribution in [2.45, 2.75) is 12.8 Å². The molecule has 0 radical (unpaired) electrons. The van der Waals surface area contributed by atoms with Gasteiger partial charge in [-0.1, -0.05) is 48.5 Å². The van der Waals surface area contributed by atoms with E-state index in [2.05, 4.69) is 0 Å². The van der Waals surface area contributed by atoms with E-state index in [1.54, 1.807) is 24.3 Å². The summed E-state index contributed by atoms with van der Waals surface area (Å²) in [6, 6.07) is 16.6. The van der Waals surface area contributed by atoms with Gasteiger partial charge in [0.2, 0.25) is 0 Å². The second-order valence-corrected chi connectivity index (χ2v) is 4.45. The predicted octanol–water partition coefficient (Wildman–Crippen LogP) is 3.29. The van der Waals surface area contributed by atoms with Crippen LogP contribution in [0.15, 0.2) is 54.6 Å². The molecule has 20 heavy (non-hydrogen) atoms. The molecule has 0 aromatic heterocycles. The van der Waals surface area contributed by atoms with Gasteiger partial charge in [-0.3, -0.25) is 4.79 Å². The maximum Gasteiger partial charge on any atom is 0.338 e. The summed E-state index contributed by atoms with van der Waals surface area (Å²) in [4.78, 5) is 23.9. The first kappa shape index (κ1) is 14.0. The number of hydrogen-bond donors (Lipinski definition) is 0. The van der Waals surface area contributed by atoms with Crippen molar-refractivity contribution >= 4 is 11.8 Å². The van der Waals surface area contributed by atoms with Gasteiger partial charge in [-0.05, 0) is 18.1 Å². The molecule has 0 saturated heterocycles. The molecule has 0 heterocycles. The lowest BCUT2D eigenvalue weighted by Gasteiger charge is -2.07. The zero-order valence-electron chi connectivity index (χ0n) is 11.3. The molecule has 0 aliphatic rings. The van der Waals surface area contributed by atoms with Gasteiger partial charge in [0.05, 0.1) is 12.7 Å². The molecule has 0 aliphatic heterocycles. The minimum absolute atomic E-state index is 0.0464. The van der Waals surface area contributed by atoms with Crippen LogP contribution in [0.3, 0.4) is 0 Å². The summed E-state index contributed by atoms with van der Waals surface area (Å²) < 4.78 is 4.70. The highest BCUT2D eigenvalue weighted by Gasteiger charge is 2.16. The van der Waals surface area contributed by atoms with E-state index in [1.165, 1.54) is 7.11 Å². The summed E-state index contributed by atoms with van der Waals surface area (Å²) in [7, 11) is 1.31. The Labute approximate surface area is 118 Å². The third kappa shape index (κ3) is 3.32. The molecule has 0 aliphatic carbocycles. The van der Waals surface area contributed by atoms with Crippen molar-refractivity contribution in [2.75, 3.05) is 7.11 Å². The Balaban J connectivity index is 2.12. The van der Waals surface area contributed by atoms with E-state index in [0.717, 1.165) is 5.56 Å². The number of benzene rings is 2. The van der Waals surface area contributed by atoms with Gasteiger partial charge >= 0.3 is 5.97 Å². The van der Waals surface area contributed by atoms with Crippen LogP contribution in [0, 0.1) is 0 Å². The van der Waals surface area contributed by atoms with Crippen molar-refractivity contribution in [1.29, 1.82) is 0 Å². The van der Waals surface area contributed by atoms with E-state index in [1.807, 2.05) is 30.3 Å². The van der Waals surface area contributed by atoms with Gasteiger partial charge in [0, 0.05) is 12.0 Å². The molecule has 2 aromatic rings. The Morgan fingerprint density at radius 1 is 0.900 bits per heavy atom. The molecular formula is C17H16O3. The lowest BCUT2D eigenvalue weighted by Crippen LogP contribution is -2.11. The number of esters is 1. The summed E-state index contributed by atoms with van der Waals surface area (Å²) in [5.74, 6) is -0.525. The van der Waals surface area contributed by atoms with Gasteiger partial charge in [-0.2, -0.15) is 0 Å².